The highest BCUT2D eigenvalue weighted by Crippen LogP contribution is 2.21. The third-order valence-electron chi connectivity index (χ3n) is 3.69. The number of anilines is 1. The summed E-state index contributed by atoms with van der Waals surface area (Å²) >= 11 is 0. The molecule has 0 fully saturated rings. The number of nitrogens with two attached hydrogens (primary N) is 1. The van der Waals surface area contributed by atoms with E-state index in [1.54, 1.807) is 0 Å². The molecule has 2 aromatic carbocycles. The van der Waals surface area contributed by atoms with E-state index in [9.17, 15) is 0 Å². The summed E-state index contributed by atoms with van der Waals surface area (Å²) in [6.45, 7) is 5.04. The smallest absolute Gasteiger partial charge is 0.0662 e. The van der Waals surface area contributed by atoms with Gasteiger partial charge in [-0.1, -0.05) is 35.9 Å². The van der Waals surface area contributed by atoms with Crippen LogP contribution in [0.2, 0.25) is 0 Å². The number of nitrogens with zero attached hydrogens (tertiary/aromatic N) is 2. The van der Waals surface area contributed by atoms with Gasteiger partial charge < -0.3 is 5.73 Å². The molecular formula is C18H19N3. The zero-order valence-electron chi connectivity index (χ0n) is 12.4. The SMILES string of the molecule is Cc1ccc(C)c(Cn2cc(-c3cccc(N)c3)cn2)c1. The van der Waals surface area contributed by atoms with Crippen LogP contribution in [0.25, 0.3) is 11.1 Å². The van der Waals surface area contributed by atoms with Gasteiger partial charge in [0.2, 0.25) is 0 Å². The molecule has 0 atom stereocenters. The van der Waals surface area contributed by atoms with Crippen molar-refractivity contribution in [2.75, 3.05) is 5.73 Å². The zero-order valence-corrected chi connectivity index (χ0v) is 12.4. The topological polar surface area (TPSA) is 43.8 Å². The van der Waals surface area contributed by atoms with Gasteiger partial charge in [-0.05, 0) is 42.7 Å². The van der Waals surface area contributed by atoms with Crippen LogP contribution in [0.15, 0.2) is 54.9 Å². The average molecular weight is 277 g/mol. The van der Waals surface area contributed by atoms with Crippen LogP contribution in [0, 0.1) is 13.8 Å². The monoisotopic (exact) mass is 277 g/mol. The molecule has 3 heteroatoms. The summed E-state index contributed by atoms with van der Waals surface area (Å²) in [6.07, 6.45) is 3.95. The van der Waals surface area contributed by atoms with Crippen LogP contribution in [0.5, 0.6) is 0 Å². The number of nitrogen functional groups attached to an aromatic ring is 1. The van der Waals surface area contributed by atoms with Crippen LogP contribution in [-0.4, -0.2) is 9.78 Å². The van der Waals surface area contributed by atoms with Gasteiger partial charge in [0.15, 0.2) is 0 Å². The van der Waals surface area contributed by atoms with Crippen LogP contribution in [0.1, 0.15) is 16.7 Å². The Morgan fingerprint density at radius 2 is 1.90 bits per heavy atom. The van der Waals surface area contributed by atoms with E-state index < -0.39 is 0 Å². The van der Waals surface area contributed by atoms with E-state index in [0.717, 1.165) is 23.4 Å². The molecule has 1 aromatic heterocycles. The third-order valence-corrected chi connectivity index (χ3v) is 3.69. The van der Waals surface area contributed by atoms with Gasteiger partial charge in [0.05, 0.1) is 12.7 Å². The molecule has 0 saturated heterocycles. The van der Waals surface area contributed by atoms with Crippen molar-refractivity contribution < 1.29 is 0 Å². The van der Waals surface area contributed by atoms with E-state index in [-0.39, 0.29) is 0 Å². The van der Waals surface area contributed by atoms with Gasteiger partial charge in [-0.15, -0.1) is 0 Å². The zero-order chi connectivity index (χ0) is 14.8. The Bertz CT molecular complexity index is 772. The van der Waals surface area contributed by atoms with E-state index in [1.807, 2.05) is 29.1 Å². The minimum Gasteiger partial charge on any atom is -0.399 e. The first-order valence-corrected chi connectivity index (χ1v) is 7.06. The predicted octanol–water partition coefficient (Wildman–Crippen LogP) is 3.80. The van der Waals surface area contributed by atoms with Gasteiger partial charge >= 0.3 is 0 Å². The van der Waals surface area contributed by atoms with Crippen molar-refractivity contribution in [2.45, 2.75) is 20.4 Å². The van der Waals surface area contributed by atoms with Gasteiger partial charge in [-0.2, -0.15) is 5.10 Å². The summed E-state index contributed by atoms with van der Waals surface area (Å²) in [4.78, 5) is 0. The summed E-state index contributed by atoms with van der Waals surface area (Å²) in [5.74, 6) is 0. The van der Waals surface area contributed by atoms with Gasteiger partial charge in [-0.25, -0.2) is 0 Å². The van der Waals surface area contributed by atoms with Crippen molar-refractivity contribution >= 4 is 5.69 Å². The minimum atomic E-state index is 0.773. The second-order valence-electron chi connectivity index (χ2n) is 5.48. The van der Waals surface area contributed by atoms with Crippen LogP contribution in [0.3, 0.4) is 0 Å². The fraction of sp³-hybridized carbons (Fsp3) is 0.167. The number of aryl methyl sites for hydroxylation is 2. The first-order chi connectivity index (χ1) is 10.1. The summed E-state index contributed by atoms with van der Waals surface area (Å²) < 4.78 is 1.97. The Balaban J connectivity index is 1.87. The normalized spacial score (nSPS) is 10.8. The molecule has 106 valence electrons. The summed E-state index contributed by atoms with van der Waals surface area (Å²) in [5, 5.41) is 4.46. The average Bonchev–Trinajstić information content (AvgIpc) is 2.91. The molecule has 0 aliphatic rings. The van der Waals surface area contributed by atoms with E-state index in [0.29, 0.717) is 0 Å². The van der Waals surface area contributed by atoms with Gasteiger partial charge in [0.25, 0.3) is 0 Å². The number of hydrogen-bond acceptors (Lipinski definition) is 2. The van der Waals surface area contributed by atoms with Gasteiger partial charge in [0, 0.05) is 17.4 Å². The van der Waals surface area contributed by atoms with Crippen molar-refractivity contribution in [1.82, 2.24) is 9.78 Å². The lowest BCUT2D eigenvalue weighted by atomic mass is 10.1. The van der Waals surface area contributed by atoms with Crippen molar-refractivity contribution in [3.05, 3.63) is 71.5 Å². The van der Waals surface area contributed by atoms with Crippen molar-refractivity contribution in [3.63, 3.8) is 0 Å². The van der Waals surface area contributed by atoms with Crippen LogP contribution < -0.4 is 5.73 Å². The van der Waals surface area contributed by atoms with Crippen LogP contribution in [0.4, 0.5) is 5.69 Å². The van der Waals surface area contributed by atoms with Crippen molar-refractivity contribution in [2.24, 2.45) is 0 Å². The van der Waals surface area contributed by atoms with E-state index >= 15 is 0 Å². The number of aromatic nitrogens is 2. The molecule has 0 aliphatic heterocycles. The summed E-state index contributed by atoms with van der Waals surface area (Å²) in [6, 6.07) is 14.4. The Morgan fingerprint density at radius 3 is 2.71 bits per heavy atom. The van der Waals surface area contributed by atoms with Gasteiger partial charge in [0.1, 0.15) is 0 Å². The van der Waals surface area contributed by atoms with E-state index in [4.69, 9.17) is 5.73 Å². The maximum atomic E-state index is 5.84. The molecule has 0 unspecified atom stereocenters. The molecule has 1 heterocycles. The second kappa shape index (κ2) is 5.44. The fourth-order valence-electron chi connectivity index (χ4n) is 2.46. The molecule has 3 rings (SSSR count). The molecule has 3 nitrogen and oxygen atoms in total. The number of benzene rings is 2. The molecule has 0 radical (unpaired) electrons. The van der Waals surface area contributed by atoms with E-state index in [2.05, 4.69) is 49.4 Å². The fourth-order valence-corrected chi connectivity index (χ4v) is 2.46. The molecule has 0 bridgehead atoms. The standard InChI is InChI=1S/C18H19N3/c1-13-6-7-14(2)16(8-13)11-21-12-17(10-20-21)15-4-3-5-18(19)9-15/h3-10,12H,11,19H2,1-2H3. The maximum Gasteiger partial charge on any atom is 0.0662 e. The first kappa shape index (κ1) is 13.4. The molecule has 0 saturated carbocycles. The molecule has 21 heavy (non-hydrogen) atoms. The minimum absolute atomic E-state index is 0.773. The Kier molecular flexibility index (Phi) is 3.48. The van der Waals surface area contributed by atoms with Crippen LogP contribution in [-0.2, 0) is 6.54 Å². The summed E-state index contributed by atoms with van der Waals surface area (Å²) in [5.41, 5.74) is 12.7. The third kappa shape index (κ3) is 2.97. The lowest BCUT2D eigenvalue weighted by Crippen LogP contribution is -2.02. The second-order valence-corrected chi connectivity index (χ2v) is 5.48. The maximum absolute atomic E-state index is 5.84. The highest BCUT2D eigenvalue weighted by atomic mass is 15.3. The number of rotatable bonds is 3. The highest BCUT2D eigenvalue weighted by Gasteiger charge is 2.05. The van der Waals surface area contributed by atoms with Crippen molar-refractivity contribution in [3.8, 4) is 11.1 Å². The Morgan fingerprint density at radius 1 is 1.05 bits per heavy atom. The molecule has 0 amide bonds. The van der Waals surface area contributed by atoms with E-state index in [1.165, 1.54) is 16.7 Å². The van der Waals surface area contributed by atoms with Crippen molar-refractivity contribution in [1.29, 1.82) is 0 Å². The molecule has 3 aromatic rings. The Labute approximate surface area is 125 Å². The van der Waals surface area contributed by atoms with Gasteiger partial charge in [-0.3, -0.25) is 4.68 Å². The van der Waals surface area contributed by atoms with Crippen LogP contribution >= 0.6 is 0 Å². The first-order valence-electron chi connectivity index (χ1n) is 7.06. The molecular weight excluding hydrogens is 258 g/mol. The quantitative estimate of drug-likeness (QED) is 0.740. The summed E-state index contributed by atoms with van der Waals surface area (Å²) in [7, 11) is 0. The lowest BCUT2D eigenvalue weighted by molar-refractivity contribution is 0.684. The largest absolute Gasteiger partial charge is 0.399 e. The molecule has 2 N–H and O–H groups in total. The number of hydrogen-bond donors (Lipinski definition) is 1. The predicted molar refractivity (Wildman–Crippen MR) is 87.1 cm³/mol. The molecule has 0 spiro atoms. The Hall–Kier alpha value is -2.55. The lowest BCUT2D eigenvalue weighted by Gasteiger charge is -2.07. The molecule has 0 aliphatic carbocycles. The highest BCUT2D eigenvalue weighted by molar-refractivity contribution is 5.65.